The zero-order valence-electron chi connectivity index (χ0n) is 9.60. The maximum atomic E-state index is 6.02. The zero-order valence-corrected chi connectivity index (χ0v) is 10.4. The summed E-state index contributed by atoms with van der Waals surface area (Å²) >= 11 is 0. The minimum atomic E-state index is -0.152. The van der Waals surface area contributed by atoms with E-state index in [-0.39, 0.29) is 18.4 Å². The lowest BCUT2D eigenvalue weighted by Gasteiger charge is -2.18. The van der Waals surface area contributed by atoms with E-state index in [0.717, 1.165) is 17.1 Å². The third-order valence-electron chi connectivity index (χ3n) is 2.31. The van der Waals surface area contributed by atoms with Gasteiger partial charge in [-0.1, -0.05) is 6.07 Å². The molecule has 92 valence electrons. The van der Waals surface area contributed by atoms with E-state index >= 15 is 0 Å². The molecule has 0 heterocycles. The molecule has 0 aromatic heterocycles. The Balaban J connectivity index is 0.00000225. The smallest absolute Gasteiger partial charge is 0.127 e. The van der Waals surface area contributed by atoms with Crippen molar-refractivity contribution < 1.29 is 9.47 Å². The first-order valence-electron chi connectivity index (χ1n) is 4.91. The Kier molecular flexibility index (Phi) is 6.88. The van der Waals surface area contributed by atoms with E-state index < -0.39 is 0 Å². The number of ether oxygens (including phenoxy) is 2. The molecule has 4 N–H and O–H groups in total. The van der Waals surface area contributed by atoms with Crippen LogP contribution in [0.5, 0.6) is 11.5 Å². The molecule has 1 aromatic rings. The van der Waals surface area contributed by atoms with Crippen LogP contribution in [-0.2, 0) is 0 Å². The summed E-state index contributed by atoms with van der Waals surface area (Å²) in [6.07, 6.45) is 0.705. The van der Waals surface area contributed by atoms with E-state index in [4.69, 9.17) is 20.9 Å². The van der Waals surface area contributed by atoms with Crippen molar-refractivity contribution in [3.8, 4) is 11.5 Å². The Morgan fingerprint density at radius 1 is 1.19 bits per heavy atom. The second-order valence-electron chi connectivity index (χ2n) is 3.26. The van der Waals surface area contributed by atoms with Crippen LogP contribution in [0.25, 0.3) is 0 Å². The highest BCUT2D eigenvalue weighted by atomic mass is 35.5. The topological polar surface area (TPSA) is 70.5 Å². The van der Waals surface area contributed by atoms with Gasteiger partial charge in [0, 0.05) is 6.04 Å². The van der Waals surface area contributed by atoms with Gasteiger partial charge in [0.15, 0.2) is 0 Å². The Morgan fingerprint density at radius 2 is 1.69 bits per heavy atom. The van der Waals surface area contributed by atoms with Crippen LogP contribution >= 0.6 is 12.4 Å². The number of benzene rings is 1. The fraction of sp³-hybridized carbons (Fsp3) is 0.455. The summed E-state index contributed by atoms with van der Waals surface area (Å²) in [5, 5.41) is 0. The van der Waals surface area contributed by atoms with Gasteiger partial charge in [-0.05, 0) is 25.1 Å². The summed E-state index contributed by atoms with van der Waals surface area (Å²) in [5.41, 5.74) is 12.4. The van der Waals surface area contributed by atoms with Crippen molar-refractivity contribution in [3.63, 3.8) is 0 Å². The van der Waals surface area contributed by atoms with Crippen molar-refractivity contribution in [1.82, 2.24) is 0 Å². The number of methoxy groups -OCH3 is 2. The molecule has 5 heteroatoms. The Labute approximate surface area is 102 Å². The Morgan fingerprint density at radius 3 is 2.06 bits per heavy atom. The molecular formula is C11H19ClN2O2. The van der Waals surface area contributed by atoms with E-state index in [1.165, 1.54) is 0 Å². The van der Waals surface area contributed by atoms with E-state index in [1.54, 1.807) is 14.2 Å². The van der Waals surface area contributed by atoms with Crippen LogP contribution in [-0.4, -0.2) is 20.8 Å². The third kappa shape index (κ3) is 3.27. The molecule has 0 unspecified atom stereocenters. The first-order valence-corrected chi connectivity index (χ1v) is 4.91. The fourth-order valence-corrected chi connectivity index (χ4v) is 1.57. The minimum absolute atomic E-state index is 0. The van der Waals surface area contributed by atoms with Crippen LogP contribution in [0, 0.1) is 0 Å². The van der Waals surface area contributed by atoms with Gasteiger partial charge in [0.1, 0.15) is 11.5 Å². The van der Waals surface area contributed by atoms with E-state index in [1.807, 2.05) is 18.2 Å². The summed E-state index contributed by atoms with van der Waals surface area (Å²) in [6, 6.07) is 5.46. The van der Waals surface area contributed by atoms with Gasteiger partial charge in [0.25, 0.3) is 0 Å². The van der Waals surface area contributed by atoms with Crippen LogP contribution in [0.1, 0.15) is 18.0 Å². The minimum Gasteiger partial charge on any atom is -0.496 e. The lowest BCUT2D eigenvalue weighted by molar-refractivity contribution is 0.377. The second-order valence-corrected chi connectivity index (χ2v) is 3.26. The van der Waals surface area contributed by atoms with Crippen LogP contribution in [0.2, 0.25) is 0 Å². The molecule has 0 bridgehead atoms. The van der Waals surface area contributed by atoms with Gasteiger partial charge >= 0.3 is 0 Å². The van der Waals surface area contributed by atoms with Crippen LogP contribution < -0.4 is 20.9 Å². The third-order valence-corrected chi connectivity index (χ3v) is 2.31. The molecule has 0 aliphatic carbocycles. The number of halogens is 1. The molecule has 0 spiro atoms. The van der Waals surface area contributed by atoms with Crippen molar-refractivity contribution in [2.45, 2.75) is 12.5 Å². The molecule has 16 heavy (non-hydrogen) atoms. The molecule has 0 aliphatic heterocycles. The molecule has 0 saturated heterocycles. The summed E-state index contributed by atoms with van der Waals surface area (Å²) in [7, 11) is 3.24. The highest BCUT2D eigenvalue weighted by Crippen LogP contribution is 2.33. The monoisotopic (exact) mass is 246 g/mol. The Hall–Kier alpha value is -0.970. The lowest BCUT2D eigenvalue weighted by Crippen LogP contribution is -2.17. The van der Waals surface area contributed by atoms with E-state index in [2.05, 4.69) is 0 Å². The zero-order chi connectivity index (χ0) is 11.3. The first kappa shape index (κ1) is 15.0. The molecule has 0 fully saturated rings. The first-order chi connectivity index (χ1) is 7.24. The molecule has 1 rings (SSSR count). The Bertz CT molecular complexity index is 299. The number of hydrogen-bond acceptors (Lipinski definition) is 4. The maximum Gasteiger partial charge on any atom is 0.127 e. The van der Waals surface area contributed by atoms with E-state index in [0.29, 0.717) is 13.0 Å². The normalized spacial score (nSPS) is 11.5. The fourth-order valence-electron chi connectivity index (χ4n) is 1.57. The molecule has 0 amide bonds. The van der Waals surface area contributed by atoms with Crippen molar-refractivity contribution in [2.24, 2.45) is 11.5 Å². The molecule has 0 saturated carbocycles. The van der Waals surface area contributed by atoms with Crippen molar-refractivity contribution >= 4 is 12.4 Å². The largest absolute Gasteiger partial charge is 0.496 e. The second kappa shape index (κ2) is 7.33. The molecule has 1 aromatic carbocycles. The van der Waals surface area contributed by atoms with Crippen LogP contribution in [0.15, 0.2) is 18.2 Å². The average molecular weight is 247 g/mol. The van der Waals surface area contributed by atoms with E-state index in [9.17, 15) is 0 Å². The molecular weight excluding hydrogens is 228 g/mol. The van der Waals surface area contributed by atoms with Gasteiger partial charge < -0.3 is 20.9 Å². The number of rotatable bonds is 5. The SMILES string of the molecule is COc1cccc(OC)c1[C@@H](N)CCN.Cl. The van der Waals surface area contributed by atoms with Crippen molar-refractivity contribution in [3.05, 3.63) is 23.8 Å². The molecule has 1 atom stereocenters. The van der Waals surface area contributed by atoms with Crippen molar-refractivity contribution in [2.75, 3.05) is 20.8 Å². The van der Waals surface area contributed by atoms with Gasteiger partial charge in [0.05, 0.1) is 19.8 Å². The molecule has 4 nitrogen and oxygen atoms in total. The number of hydrogen-bond donors (Lipinski definition) is 2. The highest BCUT2D eigenvalue weighted by Gasteiger charge is 2.16. The van der Waals surface area contributed by atoms with Gasteiger partial charge in [-0.25, -0.2) is 0 Å². The average Bonchev–Trinajstić information content (AvgIpc) is 2.28. The van der Waals surface area contributed by atoms with Gasteiger partial charge in [-0.2, -0.15) is 0 Å². The van der Waals surface area contributed by atoms with Crippen LogP contribution in [0.3, 0.4) is 0 Å². The quantitative estimate of drug-likeness (QED) is 0.826. The summed E-state index contributed by atoms with van der Waals surface area (Å²) in [6.45, 7) is 0.544. The lowest BCUT2D eigenvalue weighted by atomic mass is 10.0. The molecule has 0 radical (unpaired) electrons. The van der Waals surface area contributed by atoms with Gasteiger partial charge in [-0.15, -0.1) is 12.4 Å². The maximum absolute atomic E-state index is 6.02. The summed E-state index contributed by atoms with van der Waals surface area (Å²) in [4.78, 5) is 0. The van der Waals surface area contributed by atoms with Gasteiger partial charge in [-0.3, -0.25) is 0 Å². The van der Waals surface area contributed by atoms with Gasteiger partial charge in [0.2, 0.25) is 0 Å². The predicted octanol–water partition coefficient (Wildman–Crippen LogP) is 1.47. The summed E-state index contributed by atoms with van der Waals surface area (Å²) in [5.74, 6) is 1.49. The molecule has 0 aliphatic rings. The predicted molar refractivity (Wildman–Crippen MR) is 67.4 cm³/mol. The van der Waals surface area contributed by atoms with Crippen LogP contribution in [0.4, 0.5) is 0 Å². The highest BCUT2D eigenvalue weighted by molar-refractivity contribution is 5.85. The summed E-state index contributed by atoms with van der Waals surface area (Å²) < 4.78 is 10.5. The van der Waals surface area contributed by atoms with Crippen molar-refractivity contribution in [1.29, 1.82) is 0 Å². The standard InChI is InChI=1S/C11H18N2O2.ClH/c1-14-9-4-3-5-10(15-2)11(9)8(13)6-7-12;/h3-5,8H,6-7,12-13H2,1-2H3;1H/t8-;/m0./s1. The number of nitrogens with two attached hydrogens (primary N) is 2.